The highest BCUT2D eigenvalue weighted by Gasteiger charge is 1.74. The van der Waals surface area contributed by atoms with Crippen LogP contribution in [0.4, 0.5) is 0 Å². The predicted octanol–water partition coefficient (Wildman–Crippen LogP) is 20.0. The molecule has 0 spiro atoms. The maximum Gasteiger partial charge on any atom is 0.203 e. The number of nitrogens with one attached hydrogen (secondary N) is 1. The normalized spacial score (nSPS) is 7.57. The van der Waals surface area contributed by atoms with Crippen LogP contribution < -0.4 is 0 Å². The number of aliphatic imine (C=N–C) groups is 2. The van der Waals surface area contributed by atoms with Gasteiger partial charge in [-0.3, -0.25) is 30.0 Å². The molecule has 103 heavy (non-hydrogen) atoms. The molecule has 0 fully saturated rings. The van der Waals surface area contributed by atoms with E-state index in [0.717, 1.165) is 13.0 Å². The average Bonchev–Trinajstić information content (AvgIpc) is 4.83. The molecule has 0 atom stereocenters. The van der Waals surface area contributed by atoms with E-state index in [2.05, 4.69) is 149 Å². The number of thiazole rings is 1. The largest absolute Gasteiger partial charge is 0.431 e. The molecule has 0 amide bonds. The number of aromatic nitrogens is 25. The fraction of sp³-hybridized carbons (Fsp3) is 0.429. The summed E-state index contributed by atoms with van der Waals surface area (Å²) in [5.74, 6) is 0. The summed E-state index contributed by atoms with van der Waals surface area (Å²) in [6, 6.07) is 7.15. The molecule has 580 valence electrons. The van der Waals surface area contributed by atoms with Gasteiger partial charge in [0.15, 0.2) is 0 Å². The van der Waals surface area contributed by atoms with Crippen LogP contribution in [0.1, 0.15) is 200 Å². The van der Waals surface area contributed by atoms with Crippen LogP contribution in [0.2, 0.25) is 0 Å². The van der Waals surface area contributed by atoms with Gasteiger partial charge in [0.1, 0.15) is 67.8 Å². The molecule has 1 N–H and O–H groups in total. The molecule has 30 nitrogen and oxygen atoms in total. The molecule has 0 aromatic carbocycles. The van der Waals surface area contributed by atoms with Crippen molar-refractivity contribution in [2.24, 2.45) is 9.98 Å². The van der Waals surface area contributed by atoms with E-state index in [9.17, 15) is 0 Å². The molecule has 0 unspecified atom stereocenters. The van der Waals surface area contributed by atoms with E-state index in [1.807, 2.05) is 241 Å². The Morgan fingerprint density at radius 1 is 0.350 bits per heavy atom. The fourth-order valence-electron chi connectivity index (χ4n) is 2.84. The first-order chi connectivity index (χ1) is 51.5. The van der Waals surface area contributed by atoms with Crippen molar-refractivity contribution in [3.05, 3.63) is 232 Å². The number of H-pyrrole nitrogens is 1. The zero-order chi connectivity index (χ0) is 81.0. The summed E-state index contributed by atoms with van der Waals surface area (Å²) in [5.41, 5.74) is 5.15. The second-order valence-corrected chi connectivity index (χ2v) is 12.6. The number of hydrogen-bond donors (Lipinski definition) is 1. The van der Waals surface area contributed by atoms with E-state index in [1.165, 1.54) is 105 Å². The highest BCUT2D eigenvalue weighted by molar-refractivity contribution is 7.07. The summed E-state index contributed by atoms with van der Waals surface area (Å²) in [4.78, 5) is 44.0. The van der Waals surface area contributed by atoms with Crippen molar-refractivity contribution in [1.82, 2.24) is 126 Å². The average molecular weight is 1490 g/mol. The number of nitrogens with zero attached hydrogens (tertiary/aromatic N) is 26. The van der Waals surface area contributed by atoms with Crippen LogP contribution in [0.15, 0.2) is 256 Å². The molecule has 0 saturated heterocycles. The van der Waals surface area contributed by atoms with Gasteiger partial charge in [-0.1, -0.05) is 216 Å². The lowest BCUT2D eigenvalue weighted by molar-refractivity contribution is 0.393. The van der Waals surface area contributed by atoms with Crippen molar-refractivity contribution in [3.8, 4) is 0 Å². The zero-order valence-electron chi connectivity index (χ0n) is 67.1. The van der Waals surface area contributed by atoms with Crippen LogP contribution >= 0.6 is 34.2 Å². The molecule has 14 rings (SSSR count). The quantitative estimate of drug-likeness (QED) is 0.147. The molecule has 0 radical (unpaired) electrons. The summed E-state index contributed by atoms with van der Waals surface area (Å²) in [5, 5.41) is 50.5. The Morgan fingerprint density at radius 2 is 0.874 bits per heavy atom. The summed E-state index contributed by atoms with van der Waals surface area (Å²) in [7, 11) is 0. The van der Waals surface area contributed by atoms with Gasteiger partial charge in [-0.2, -0.15) is 20.4 Å². The van der Waals surface area contributed by atoms with Gasteiger partial charge in [-0.05, 0) is 41.9 Å². The van der Waals surface area contributed by atoms with Crippen LogP contribution in [-0.4, -0.2) is 145 Å². The summed E-state index contributed by atoms with van der Waals surface area (Å²) in [6.45, 7) is 56.9. The molecular weight excluding hydrogens is 1360 g/mol. The first-order valence-electron chi connectivity index (χ1n) is 34.3. The standard InChI is InChI=1S/3C4H4N2.2C4H5N.2C3H3N3.C3H3NO.C3H3NS.C2H3N3.2C2H2N2O.2C2H2N2S.14C2H6/c1-2-6-4-3-5-1;1-2-5-4-6-3-1;1-2-4-6-5-3-1;2*1-2-4-5-3-1;1-4-2-6-3-5-1;1-2-5-6-3-4-1;1-2-4-5-3-1;1-2-5-3-4-1;1-3-2-5-4-1;1-3-4-2-5-1;1-2-5-4-3-1;1-3-4-2-5-1;1-2-5-4-3-1;14*1-2/h3*1-4H;1,3-4H,2H2;1-3H,4H2;2*1-3H;2*1-3H;1-2H,(H,3,4,5);4*1-2H;14*1-2H3. The molecule has 0 saturated carbocycles. The lowest BCUT2D eigenvalue weighted by Crippen LogP contribution is -1.75. The van der Waals surface area contributed by atoms with E-state index in [1.54, 1.807) is 127 Å². The topological polar surface area (TPSA) is 389 Å². The SMILES string of the molecule is C1=CCN=C1.C1=CN=CC1.CC.CC.CC.CC.CC.CC.CC.CC.CC.CC.CC.CC.CC.CC.c1ccnnc1.c1cnccn1.c1cncnc1.c1cnncn1.c1cnoc1.c1conn1.c1cscn1.c1csnn1.c1nc[nH]n1.c1ncncn1.c1nnco1.c1nncs1. The molecule has 0 aliphatic carbocycles. The van der Waals surface area contributed by atoms with Crippen LogP contribution in [-0.2, 0) is 0 Å². The predicted molar refractivity (Wildman–Crippen MR) is 433 cm³/mol. The lowest BCUT2D eigenvalue weighted by atomic mass is 10.5. The zero-order valence-corrected chi connectivity index (χ0v) is 69.5. The van der Waals surface area contributed by atoms with E-state index in [-0.39, 0.29) is 0 Å². The van der Waals surface area contributed by atoms with E-state index < -0.39 is 0 Å². The lowest BCUT2D eigenvalue weighted by Gasteiger charge is -1.70. The molecule has 14 heterocycles. The maximum absolute atomic E-state index is 4.36. The van der Waals surface area contributed by atoms with Gasteiger partial charge in [0.25, 0.3) is 0 Å². The smallest absolute Gasteiger partial charge is 0.203 e. The van der Waals surface area contributed by atoms with E-state index >= 15 is 0 Å². The van der Waals surface area contributed by atoms with E-state index in [0.29, 0.717) is 0 Å². The van der Waals surface area contributed by atoms with Crippen molar-refractivity contribution in [2.45, 2.75) is 200 Å². The van der Waals surface area contributed by atoms with Crippen LogP contribution in [0.5, 0.6) is 0 Å². The van der Waals surface area contributed by atoms with Crippen LogP contribution in [0.3, 0.4) is 0 Å². The highest BCUT2D eigenvalue weighted by Crippen LogP contribution is 1.87. The van der Waals surface area contributed by atoms with Crippen molar-refractivity contribution in [2.75, 3.05) is 6.54 Å². The first-order valence-corrected chi connectivity index (χ1v) is 37.0. The highest BCUT2D eigenvalue weighted by atomic mass is 32.1. The second kappa shape index (κ2) is 180. The van der Waals surface area contributed by atoms with Crippen molar-refractivity contribution in [3.63, 3.8) is 0 Å². The fourth-order valence-corrected chi connectivity index (χ4v) is 3.74. The van der Waals surface area contributed by atoms with Gasteiger partial charge in [0.2, 0.25) is 12.8 Å². The van der Waals surface area contributed by atoms with Crippen molar-refractivity contribution >= 4 is 46.6 Å². The maximum atomic E-state index is 4.36. The number of allylic oxidation sites excluding steroid dienone is 2. The number of rotatable bonds is 0. The molecule has 0 bridgehead atoms. The third kappa shape index (κ3) is 176. The molecule has 2 aliphatic rings. The molecule has 2 aliphatic heterocycles. The van der Waals surface area contributed by atoms with Gasteiger partial charge in [-0.25, -0.2) is 34.9 Å². The number of aromatic amines is 1. The van der Waals surface area contributed by atoms with Crippen LogP contribution in [0.25, 0.3) is 0 Å². The minimum Gasteiger partial charge on any atom is -0.431 e. The molecule has 12 aromatic rings. The Bertz CT molecular complexity index is 1990. The second-order valence-electron chi connectivity index (χ2n) is 10.5. The van der Waals surface area contributed by atoms with Crippen LogP contribution in [0, 0.1) is 0 Å². The minimum absolute atomic E-state index is 0.889. The summed E-state index contributed by atoms with van der Waals surface area (Å²) >= 11 is 4.44. The first kappa shape index (κ1) is 126. The molecule has 12 aromatic heterocycles. The summed E-state index contributed by atoms with van der Waals surface area (Å²) in [6.07, 6.45) is 50.9. The number of hydrogen-bond acceptors (Lipinski definition) is 32. The van der Waals surface area contributed by atoms with Gasteiger partial charge in [-0.15, -0.1) is 58.4 Å². The van der Waals surface area contributed by atoms with E-state index in [4.69, 9.17) is 0 Å². The Kier molecular flexibility index (Phi) is 220. The van der Waals surface area contributed by atoms with Gasteiger partial charge in [0, 0.05) is 103 Å². The summed E-state index contributed by atoms with van der Waals surface area (Å²) < 4.78 is 16.4. The Labute approximate surface area is 631 Å². The molecule has 33 heteroatoms. The Balaban J connectivity index is -0.0000000673. The molecular formula is C70H129N27O3S3. The third-order valence-electron chi connectivity index (χ3n) is 5.48. The Morgan fingerprint density at radius 3 is 1.01 bits per heavy atom. The van der Waals surface area contributed by atoms with Crippen molar-refractivity contribution in [1.29, 1.82) is 0 Å². The monoisotopic (exact) mass is 1490 g/mol. The third-order valence-corrected chi connectivity index (χ3v) is 6.86. The minimum atomic E-state index is 0.889. The Hall–Kier alpha value is -10.5. The van der Waals surface area contributed by atoms with Gasteiger partial charge in [0.05, 0.1) is 36.8 Å². The van der Waals surface area contributed by atoms with Crippen molar-refractivity contribution < 1.29 is 13.5 Å². The van der Waals surface area contributed by atoms with Gasteiger partial charge < -0.3 is 13.5 Å². The van der Waals surface area contributed by atoms with Gasteiger partial charge >= 0.3 is 0 Å².